The summed E-state index contributed by atoms with van der Waals surface area (Å²) in [5.41, 5.74) is 1.65. The van der Waals surface area contributed by atoms with E-state index >= 15 is 0 Å². The second-order valence-corrected chi connectivity index (χ2v) is 7.12. The number of hydrogen-bond donors (Lipinski definition) is 2. The van der Waals surface area contributed by atoms with Gasteiger partial charge in [-0.15, -0.1) is 0 Å². The Kier molecular flexibility index (Phi) is 7.08. The van der Waals surface area contributed by atoms with Crippen LogP contribution in [0.5, 0.6) is 5.75 Å². The van der Waals surface area contributed by atoms with Gasteiger partial charge in [-0.05, 0) is 30.2 Å². The monoisotopic (exact) mass is 368 g/mol. The lowest BCUT2D eigenvalue weighted by Crippen LogP contribution is -2.44. The highest BCUT2D eigenvalue weighted by molar-refractivity contribution is 6.30. The Morgan fingerprint density at radius 1 is 1.28 bits per heavy atom. The molecule has 1 atom stereocenters. The van der Waals surface area contributed by atoms with Gasteiger partial charge in [-0.1, -0.05) is 25.4 Å². The fourth-order valence-electron chi connectivity index (χ4n) is 2.96. The molecule has 2 N–H and O–H groups in total. The molecule has 6 nitrogen and oxygen atoms in total. The molecule has 2 rings (SSSR count). The van der Waals surface area contributed by atoms with Gasteiger partial charge >= 0.3 is 0 Å². The zero-order chi connectivity index (χ0) is 18.4. The summed E-state index contributed by atoms with van der Waals surface area (Å²) < 4.78 is 5.92. The molecule has 0 bridgehead atoms. The second-order valence-electron chi connectivity index (χ2n) is 6.68. The number of likely N-dealkylation sites (tertiary alicyclic amines) is 1. The van der Waals surface area contributed by atoms with Gasteiger partial charge in [0.1, 0.15) is 11.9 Å². The molecule has 25 heavy (non-hydrogen) atoms. The van der Waals surface area contributed by atoms with E-state index in [0.29, 0.717) is 18.1 Å². The largest absolute Gasteiger partial charge is 0.490 e. The predicted octanol–water partition coefficient (Wildman–Crippen LogP) is 2.88. The molecule has 1 heterocycles. The number of rotatable bonds is 6. The van der Waals surface area contributed by atoms with E-state index in [1.165, 1.54) is 0 Å². The van der Waals surface area contributed by atoms with Crippen molar-refractivity contribution in [1.82, 2.24) is 10.4 Å². The fraction of sp³-hybridized carbons (Fsp3) is 0.556. The summed E-state index contributed by atoms with van der Waals surface area (Å²) in [7, 11) is 0. The minimum atomic E-state index is -0.527. The van der Waals surface area contributed by atoms with Crippen LogP contribution in [0.4, 0.5) is 0 Å². The molecule has 0 saturated carbocycles. The number of benzene rings is 1. The van der Waals surface area contributed by atoms with Crippen molar-refractivity contribution in [2.24, 2.45) is 11.8 Å². The molecular weight excluding hydrogens is 344 g/mol. The quantitative estimate of drug-likeness (QED) is 0.597. The molecular formula is C18H25ClN2O4. The molecule has 0 radical (unpaired) electrons. The maximum Gasteiger partial charge on any atom is 0.247 e. The first kappa shape index (κ1) is 19.5. The SMILES string of the molecule is CC(C)[C@H](CC(=O)N1CCC(Oc2ccc(Cl)cc2)CC1)C(=O)NO. The third-order valence-corrected chi connectivity index (χ3v) is 4.81. The maximum atomic E-state index is 12.4. The Hall–Kier alpha value is -1.79. The van der Waals surface area contributed by atoms with Crippen molar-refractivity contribution in [3.8, 4) is 5.75 Å². The van der Waals surface area contributed by atoms with Gasteiger partial charge in [-0.3, -0.25) is 14.8 Å². The van der Waals surface area contributed by atoms with Gasteiger partial charge in [0.15, 0.2) is 0 Å². The number of hydrogen-bond acceptors (Lipinski definition) is 4. The number of halogens is 1. The van der Waals surface area contributed by atoms with Crippen LogP contribution in [0.3, 0.4) is 0 Å². The molecule has 1 aromatic rings. The molecule has 0 aliphatic carbocycles. The van der Waals surface area contributed by atoms with Gasteiger partial charge < -0.3 is 9.64 Å². The minimum Gasteiger partial charge on any atom is -0.490 e. The molecule has 1 aromatic carbocycles. The second kappa shape index (κ2) is 9.06. The van der Waals surface area contributed by atoms with E-state index in [1.54, 1.807) is 22.5 Å². The third-order valence-electron chi connectivity index (χ3n) is 4.56. The van der Waals surface area contributed by atoms with E-state index < -0.39 is 11.8 Å². The van der Waals surface area contributed by atoms with E-state index in [4.69, 9.17) is 21.5 Å². The summed E-state index contributed by atoms with van der Waals surface area (Å²) in [5, 5.41) is 9.49. The van der Waals surface area contributed by atoms with Gasteiger partial charge in [0.25, 0.3) is 0 Å². The lowest BCUT2D eigenvalue weighted by atomic mass is 9.91. The Labute approximate surface area is 153 Å². The summed E-state index contributed by atoms with van der Waals surface area (Å²) in [4.78, 5) is 25.9. The standard InChI is InChI=1S/C18H25ClN2O4/c1-12(2)16(18(23)20-24)11-17(22)21-9-7-15(8-10-21)25-14-5-3-13(19)4-6-14/h3-6,12,15-16,24H,7-11H2,1-2H3,(H,20,23)/t16-/m0/s1. The van der Waals surface area contributed by atoms with Gasteiger partial charge in [0, 0.05) is 37.4 Å². The minimum absolute atomic E-state index is 0.0260. The molecule has 138 valence electrons. The highest BCUT2D eigenvalue weighted by Crippen LogP contribution is 2.23. The Balaban J connectivity index is 1.83. The number of carbonyl (C=O) groups is 2. The zero-order valence-electron chi connectivity index (χ0n) is 14.6. The number of carbonyl (C=O) groups excluding carboxylic acids is 2. The molecule has 0 spiro atoms. The predicted molar refractivity (Wildman–Crippen MR) is 94.6 cm³/mol. The Morgan fingerprint density at radius 2 is 1.88 bits per heavy atom. The summed E-state index contributed by atoms with van der Waals surface area (Å²) >= 11 is 5.86. The van der Waals surface area contributed by atoms with Gasteiger partial charge in [-0.2, -0.15) is 0 Å². The fourth-order valence-corrected chi connectivity index (χ4v) is 3.09. The topological polar surface area (TPSA) is 78.9 Å². The lowest BCUT2D eigenvalue weighted by molar-refractivity contribution is -0.142. The number of hydroxylamine groups is 1. The summed E-state index contributed by atoms with van der Waals surface area (Å²) in [5.74, 6) is -0.354. The van der Waals surface area contributed by atoms with E-state index in [1.807, 2.05) is 26.0 Å². The summed E-state index contributed by atoms with van der Waals surface area (Å²) in [6, 6.07) is 7.24. The van der Waals surface area contributed by atoms with Crippen molar-refractivity contribution in [1.29, 1.82) is 0 Å². The Bertz CT molecular complexity index is 583. The number of nitrogens with zero attached hydrogens (tertiary/aromatic N) is 1. The molecule has 1 saturated heterocycles. The number of ether oxygens (including phenoxy) is 1. The Morgan fingerprint density at radius 3 is 2.40 bits per heavy atom. The molecule has 1 aliphatic rings. The number of nitrogens with one attached hydrogen (secondary N) is 1. The van der Waals surface area contributed by atoms with Crippen LogP contribution < -0.4 is 10.2 Å². The lowest BCUT2D eigenvalue weighted by Gasteiger charge is -2.33. The zero-order valence-corrected chi connectivity index (χ0v) is 15.3. The molecule has 1 fully saturated rings. The molecule has 1 aliphatic heterocycles. The molecule has 0 unspecified atom stereocenters. The van der Waals surface area contributed by atoms with Crippen LogP contribution in [-0.2, 0) is 9.59 Å². The molecule has 2 amide bonds. The van der Waals surface area contributed by atoms with Crippen molar-refractivity contribution < 1.29 is 19.5 Å². The first-order valence-electron chi connectivity index (χ1n) is 8.54. The molecule has 0 aromatic heterocycles. The first-order valence-corrected chi connectivity index (χ1v) is 8.92. The van der Waals surface area contributed by atoms with E-state index in [0.717, 1.165) is 18.6 Å². The van der Waals surface area contributed by atoms with Gasteiger partial charge in [0.05, 0.1) is 5.92 Å². The summed E-state index contributed by atoms with van der Waals surface area (Å²) in [6.45, 7) is 4.92. The normalized spacial score (nSPS) is 16.6. The smallest absolute Gasteiger partial charge is 0.247 e. The number of amides is 2. The van der Waals surface area contributed by atoms with Crippen molar-refractivity contribution in [2.75, 3.05) is 13.1 Å². The first-order chi connectivity index (χ1) is 11.9. The third kappa shape index (κ3) is 5.61. The highest BCUT2D eigenvalue weighted by atomic mass is 35.5. The van der Waals surface area contributed by atoms with Crippen LogP contribution in [0.1, 0.15) is 33.1 Å². The maximum absolute atomic E-state index is 12.4. The van der Waals surface area contributed by atoms with Crippen molar-refractivity contribution in [3.63, 3.8) is 0 Å². The average Bonchev–Trinajstić information content (AvgIpc) is 2.61. The van der Waals surface area contributed by atoms with E-state index in [-0.39, 0.29) is 24.3 Å². The van der Waals surface area contributed by atoms with E-state index in [2.05, 4.69) is 0 Å². The average molecular weight is 369 g/mol. The van der Waals surface area contributed by atoms with Crippen LogP contribution in [0, 0.1) is 11.8 Å². The van der Waals surface area contributed by atoms with Crippen LogP contribution in [0.2, 0.25) is 5.02 Å². The van der Waals surface area contributed by atoms with Crippen LogP contribution >= 0.6 is 11.6 Å². The van der Waals surface area contributed by atoms with Crippen LogP contribution in [0.15, 0.2) is 24.3 Å². The highest BCUT2D eigenvalue weighted by Gasteiger charge is 2.29. The van der Waals surface area contributed by atoms with Crippen LogP contribution in [0.25, 0.3) is 0 Å². The van der Waals surface area contributed by atoms with Crippen LogP contribution in [-0.4, -0.2) is 41.1 Å². The van der Waals surface area contributed by atoms with Crippen molar-refractivity contribution in [3.05, 3.63) is 29.3 Å². The van der Waals surface area contributed by atoms with E-state index in [9.17, 15) is 9.59 Å². The summed E-state index contributed by atoms with van der Waals surface area (Å²) in [6.07, 6.45) is 1.65. The molecule has 7 heteroatoms. The van der Waals surface area contributed by atoms with Crippen molar-refractivity contribution in [2.45, 2.75) is 39.2 Å². The van der Waals surface area contributed by atoms with Gasteiger partial charge in [0.2, 0.25) is 11.8 Å². The number of piperidine rings is 1. The van der Waals surface area contributed by atoms with Gasteiger partial charge in [-0.25, -0.2) is 5.48 Å². The van der Waals surface area contributed by atoms with Crippen molar-refractivity contribution >= 4 is 23.4 Å².